The van der Waals surface area contributed by atoms with Crippen molar-refractivity contribution < 1.29 is 9.18 Å². The average Bonchev–Trinajstić information content (AvgIpc) is 2.82. The van der Waals surface area contributed by atoms with Crippen LogP contribution in [0.15, 0.2) is 60.7 Å². The molecule has 2 aliphatic rings. The molecule has 31 heavy (non-hydrogen) atoms. The molecule has 2 fully saturated rings. The van der Waals surface area contributed by atoms with E-state index in [0.717, 1.165) is 70.8 Å². The number of benzene rings is 2. The van der Waals surface area contributed by atoms with E-state index in [-0.39, 0.29) is 11.7 Å². The molecular weight excluding hydrogens is 389 g/mol. The van der Waals surface area contributed by atoms with Gasteiger partial charge >= 0.3 is 0 Å². The van der Waals surface area contributed by atoms with Gasteiger partial charge in [-0.1, -0.05) is 54.6 Å². The first-order valence-electron chi connectivity index (χ1n) is 11.4. The second kappa shape index (κ2) is 10.7. The minimum absolute atomic E-state index is 0.147. The third kappa shape index (κ3) is 6.25. The van der Waals surface area contributed by atoms with Gasteiger partial charge in [-0.2, -0.15) is 0 Å². The van der Waals surface area contributed by atoms with Crippen molar-refractivity contribution in [1.29, 1.82) is 0 Å². The third-order valence-corrected chi connectivity index (χ3v) is 6.41. The second-order valence-corrected chi connectivity index (χ2v) is 8.62. The van der Waals surface area contributed by atoms with Crippen molar-refractivity contribution in [2.45, 2.75) is 19.4 Å². The molecule has 2 aromatic rings. The topological polar surface area (TPSA) is 26.8 Å². The van der Waals surface area contributed by atoms with Gasteiger partial charge in [-0.05, 0) is 49.2 Å². The van der Waals surface area contributed by atoms with Crippen LogP contribution in [0.1, 0.15) is 24.0 Å². The van der Waals surface area contributed by atoms with Crippen molar-refractivity contribution in [3.63, 3.8) is 0 Å². The Bertz CT molecular complexity index is 852. The highest BCUT2D eigenvalue weighted by atomic mass is 19.1. The number of hydrogen-bond donors (Lipinski definition) is 0. The molecule has 0 N–H and O–H groups in total. The van der Waals surface area contributed by atoms with Gasteiger partial charge in [0.25, 0.3) is 0 Å². The van der Waals surface area contributed by atoms with E-state index in [0.29, 0.717) is 5.91 Å². The summed E-state index contributed by atoms with van der Waals surface area (Å²) >= 11 is 0. The third-order valence-electron chi connectivity index (χ3n) is 6.41. The van der Waals surface area contributed by atoms with Crippen molar-refractivity contribution in [2.75, 3.05) is 45.8 Å². The average molecular weight is 422 g/mol. The first-order chi connectivity index (χ1) is 15.2. The zero-order valence-corrected chi connectivity index (χ0v) is 18.1. The number of nitrogens with zero attached hydrogens (tertiary/aromatic N) is 3. The Morgan fingerprint density at radius 3 is 2.23 bits per heavy atom. The molecule has 2 aliphatic heterocycles. The van der Waals surface area contributed by atoms with Crippen LogP contribution in [0.4, 0.5) is 4.39 Å². The molecule has 1 amide bonds. The van der Waals surface area contributed by atoms with Gasteiger partial charge in [0.2, 0.25) is 5.91 Å². The van der Waals surface area contributed by atoms with Crippen molar-refractivity contribution in [3.8, 4) is 0 Å². The Kier molecular flexibility index (Phi) is 7.49. The van der Waals surface area contributed by atoms with E-state index in [1.807, 2.05) is 18.2 Å². The van der Waals surface area contributed by atoms with Crippen LogP contribution >= 0.6 is 0 Å². The minimum Gasteiger partial charge on any atom is -0.340 e. The number of amides is 1. The summed E-state index contributed by atoms with van der Waals surface area (Å²) < 4.78 is 13.1. The molecule has 4 nitrogen and oxygen atoms in total. The number of halogens is 1. The van der Waals surface area contributed by atoms with Crippen LogP contribution < -0.4 is 0 Å². The molecule has 2 heterocycles. The highest BCUT2D eigenvalue weighted by Gasteiger charge is 2.30. The summed E-state index contributed by atoms with van der Waals surface area (Å²) in [5, 5.41) is 0. The van der Waals surface area contributed by atoms with E-state index in [1.165, 1.54) is 17.7 Å². The quantitative estimate of drug-likeness (QED) is 0.708. The fourth-order valence-electron chi connectivity index (χ4n) is 4.50. The van der Waals surface area contributed by atoms with Crippen molar-refractivity contribution in [1.82, 2.24) is 14.7 Å². The molecule has 0 saturated carbocycles. The van der Waals surface area contributed by atoms with Gasteiger partial charge in [0, 0.05) is 45.2 Å². The summed E-state index contributed by atoms with van der Waals surface area (Å²) in [6.07, 6.45) is 6.21. The molecule has 2 saturated heterocycles. The zero-order valence-electron chi connectivity index (χ0n) is 18.1. The molecule has 5 heteroatoms. The fourth-order valence-corrected chi connectivity index (χ4v) is 4.50. The summed E-state index contributed by atoms with van der Waals surface area (Å²) in [6, 6.07) is 17.1. The van der Waals surface area contributed by atoms with Crippen LogP contribution in [0.2, 0.25) is 0 Å². The summed E-state index contributed by atoms with van der Waals surface area (Å²) in [4.78, 5) is 19.8. The first kappa shape index (κ1) is 21.7. The number of carbonyl (C=O) groups excluding carboxylic acids is 1. The van der Waals surface area contributed by atoms with Gasteiger partial charge in [-0.3, -0.25) is 14.6 Å². The maximum absolute atomic E-state index is 13.1. The SMILES string of the molecule is O=C(C1CCN(Cc2ccc(F)cc2)CC1)N1CCN(C/C=C/c2ccccc2)CC1. The highest BCUT2D eigenvalue weighted by molar-refractivity contribution is 5.79. The number of hydrogen-bond acceptors (Lipinski definition) is 3. The molecule has 0 atom stereocenters. The van der Waals surface area contributed by atoms with E-state index in [4.69, 9.17) is 0 Å². The Morgan fingerprint density at radius 1 is 0.871 bits per heavy atom. The molecule has 0 aromatic heterocycles. The Morgan fingerprint density at radius 2 is 1.55 bits per heavy atom. The largest absolute Gasteiger partial charge is 0.340 e. The summed E-state index contributed by atoms with van der Waals surface area (Å²) in [6.45, 7) is 7.15. The maximum atomic E-state index is 13.1. The molecule has 164 valence electrons. The summed E-state index contributed by atoms with van der Waals surface area (Å²) in [5.74, 6) is 0.287. The van der Waals surface area contributed by atoms with Crippen LogP contribution in [0, 0.1) is 11.7 Å². The van der Waals surface area contributed by atoms with E-state index in [1.54, 1.807) is 0 Å². The fraction of sp³-hybridized carbons (Fsp3) is 0.423. The number of piperidine rings is 1. The molecular formula is C26H32FN3O. The number of rotatable bonds is 6. The van der Waals surface area contributed by atoms with E-state index in [9.17, 15) is 9.18 Å². The standard InChI is InChI=1S/C26H32FN3O/c27-25-10-8-23(9-11-25)21-29-15-12-24(13-16-29)26(31)30-19-17-28(18-20-30)14-4-7-22-5-2-1-3-6-22/h1-11,24H,12-21H2/b7-4+. The Balaban J connectivity index is 1.17. The predicted molar refractivity (Wildman–Crippen MR) is 123 cm³/mol. The molecule has 0 radical (unpaired) electrons. The molecule has 0 unspecified atom stereocenters. The summed E-state index contributed by atoms with van der Waals surface area (Å²) in [5.41, 5.74) is 2.35. The maximum Gasteiger partial charge on any atom is 0.225 e. The van der Waals surface area contributed by atoms with Crippen LogP contribution in [0.25, 0.3) is 6.08 Å². The number of carbonyl (C=O) groups is 1. The highest BCUT2D eigenvalue weighted by Crippen LogP contribution is 2.22. The normalized spacial score (nSPS) is 19.2. The second-order valence-electron chi connectivity index (χ2n) is 8.62. The predicted octanol–water partition coefficient (Wildman–Crippen LogP) is 3.90. The lowest BCUT2D eigenvalue weighted by Gasteiger charge is -2.38. The number of piperazine rings is 1. The van der Waals surface area contributed by atoms with Gasteiger partial charge in [0.15, 0.2) is 0 Å². The van der Waals surface area contributed by atoms with E-state index < -0.39 is 0 Å². The minimum atomic E-state index is -0.194. The van der Waals surface area contributed by atoms with Crippen molar-refractivity contribution >= 4 is 12.0 Å². The lowest BCUT2D eigenvalue weighted by atomic mass is 9.94. The molecule has 2 aromatic carbocycles. The monoisotopic (exact) mass is 421 g/mol. The van der Waals surface area contributed by atoms with Gasteiger partial charge in [0.05, 0.1) is 0 Å². The van der Waals surface area contributed by atoms with Crippen LogP contribution in [-0.4, -0.2) is 66.4 Å². The van der Waals surface area contributed by atoms with Crippen LogP contribution in [0.5, 0.6) is 0 Å². The Labute approximate surface area is 185 Å². The van der Waals surface area contributed by atoms with Gasteiger partial charge < -0.3 is 4.90 Å². The van der Waals surface area contributed by atoms with Crippen LogP contribution in [-0.2, 0) is 11.3 Å². The lowest BCUT2D eigenvalue weighted by molar-refractivity contribution is -0.138. The number of likely N-dealkylation sites (tertiary alicyclic amines) is 1. The van der Waals surface area contributed by atoms with Gasteiger partial charge in [0.1, 0.15) is 5.82 Å². The molecule has 0 bridgehead atoms. The zero-order chi connectivity index (χ0) is 21.5. The first-order valence-corrected chi connectivity index (χ1v) is 11.4. The van der Waals surface area contributed by atoms with E-state index in [2.05, 4.69) is 51.1 Å². The van der Waals surface area contributed by atoms with Gasteiger partial charge in [-0.25, -0.2) is 4.39 Å². The lowest BCUT2D eigenvalue weighted by Crippen LogP contribution is -2.51. The van der Waals surface area contributed by atoms with Crippen LogP contribution in [0.3, 0.4) is 0 Å². The van der Waals surface area contributed by atoms with Crippen molar-refractivity contribution in [3.05, 3.63) is 77.6 Å². The smallest absolute Gasteiger partial charge is 0.225 e. The molecule has 4 rings (SSSR count). The van der Waals surface area contributed by atoms with Crippen molar-refractivity contribution in [2.24, 2.45) is 5.92 Å². The summed E-state index contributed by atoms with van der Waals surface area (Å²) in [7, 11) is 0. The molecule has 0 aliphatic carbocycles. The molecule has 0 spiro atoms. The Hall–Kier alpha value is -2.50. The van der Waals surface area contributed by atoms with Gasteiger partial charge in [-0.15, -0.1) is 0 Å². The van der Waals surface area contributed by atoms with E-state index >= 15 is 0 Å².